The van der Waals surface area contributed by atoms with E-state index in [9.17, 15) is 10.3 Å². The van der Waals surface area contributed by atoms with Gasteiger partial charge in [0.15, 0.2) is 0 Å². The molecule has 2 atom stereocenters. The van der Waals surface area contributed by atoms with Crippen molar-refractivity contribution < 1.29 is 14.7 Å². The predicted octanol–water partition coefficient (Wildman–Crippen LogP) is 4.59. The molecule has 0 saturated carbocycles. The number of aliphatic hydroxyl groups is 1. The van der Waals surface area contributed by atoms with Crippen molar-refractivity contribution in [3.63, 3.8) is 0 Å². The number of hydrogen-bond acceptors (Lipinski definition) is 4. The Morgan fingerprint density at radius 2 is 1.88 bits per heavy atom. The van der Waals surface area contributed by atoms with E-state index in [1.165, 1.54) is 6.20 Å². The minimum atomic E-state index is -0.664. The number of allylic oxidation sites excluding steroid dienone is 1. The van der Waals surface area contributed by atoms with Gasteiger partial charge in [-0.3, -0.25) is 0 Å². The number of rotatable bonds is 7. The summed E-state index contributed by atoms with van der Waals surface area (Å²) >= 11 is 0. The standard InChI is InChI=1S/C19H30N2O3/c1-7-12-24-17-10-8-16(9-11-17)18(19(4,5)6)13-21(23)20-14(2)15(3)22/h8-11,13-15,22H,7,12H2,1-6H3. The zero-order valence-electron chi connectivity index (χ0n) is 15.6. The van der Waals surface area contributed by atoms with Gasteiger partial charge in [-0.15, -0.1) is 0 Å². The van der Waals surface area contributed by atoms with E-state index in [-0.39, 0.29) is 5.41 Å². The molecule has 2 unspecified atom stereocenters. The van der Waals surface area contributed by atoms with Crippen LogP contribution in [-0.4, -0.2) is 28.7 Å². The molecule has 0 aromatic heterocycles. The smallest absolute Gasteiger partial charge is 0.213 e. The maximum atomic E-state index is 12.1. The van der Waals surface area contributed by atoms with E-state index in [4.69, 9.17) is 4.74 Å². The normalized spacial score (nSPS) is 16.0. The maximum Gasteiger partial charge on any atom is 0.213 e. The monoisotopic (exact) mass is 334 g/mol. The summed E-state index contributed by atoms with van der Waals surface area (Å²) in [6.07, 6.45) is 1.78. The number of benzene rings is 1. The fourth-order valence-electron chi connectivity index (χ4n) is 2.07. The van der Waals surface area contributed by atoms with Crippen LogP contribution in [-0.2, 0) is 0 Å². The Balaban J connectivity index is 3.12. The number of hydroxylamine groups is 1. The Morgan fingerprint density at radius 1 is 1.29 bits per heavy atom. The zero-order chi connectivity index (χ0) is 18.3. The molecule has 0 amide bonds. The van der Waals surface area contributed by atoms with Crippen LogP contribution < -0.4 is 4.74 Å². The lowest BCUT2D eigenvalue weighted by atomic mass is 9.83. The highest BCUT2D eigenvalue weighted by molar-refractivity contribution is 5.68. The van der Waals surface area contributed by atoms with E-state index in [1.807, 2.05) is 45.0 Å². The van der Waals surface area contributed by atoms with Gasteiger partial charge in [-0.25, -0.2) is 0 Å². The minimum Gasteiger partial charge on any atom is -0.595 e. The summed E-state index contributed by atoms with van der Waals surface area (Å²) in [5.74, 6) is 0.820. The third-order valence-electron chi connectivity index (χ3n) is 3.68. The number of ether oxygens (including phenoxy) is 1. The van der Waals surface area contributed by atoms with Gasteiger partial charge in [-0.2, -0.15) is 0 Å². The lowest BCUT2D eigenvalue weighted by Gasteiger charge is -2.22. The molecule has 5 heteroatoms. The first-order valence-corrected chi connectivity index (χ1v) is 8.46. The van der Waals surface area contributed by atoms with Crippen LogP contribution in [0.25, 0.3) is 5.57 Å². The molecule has 0 radical (unpaired) electrons. The summed E-state index contributed by atoms with van der Waals surface area (Å²) in [5.41, 5.74) is 1.60. The molecule has 5 nitrogen and oxygen atoms in total. The van der Waals surface area contributed by atoms with Crippen LogP contribution in [0, 0.1) is 10.6 Å². The predicted molar refractivity (Wildman–Crippen MR) is 96.9 cm³/mol. The molecule has 0 saturated heterocycles. The van der Waals surface area contributed by atoms with E-state index in [0.717, 1.165) is 23.3 Å². The highest BCUT2D eigenvalue weighted by Crippen LogP contribution is 2.34. The zero-order valence-corrected chi connectivity index (χ0v) is 15.6. The molecule has 1 N–H and O–H groups in total. The Bertz CT molecular complexity index is 569. The maximum absolute atomic E-state index is 12.1. The first-order chi connectivity index (χ1) is 11.1. The fourth-order valence-corrected chi connectivity index (χ4v) is 2.07. The van der Waals surface area contributed by atoms with Crippen molar-refractivity contribution in [2.75, 3.05) is 6.61 Å². The fraction of sp³-hybridized carbons (Fsp3) is 0.579. The van der Waals surface area contributed by atoms with Gasteiger partial charge in [-0.05, 0) is 48.5 Å². The van der Waals surface area contributed by atoms with Gasteiger partial charge >= 0.3 is 0 Å². The summed E-state index contributed by atoms with van der Waals surface area (Å²) in [7, 11) is 0. The van der Waals surface area contributed by atoms with Crippen LogP contribution in [0.4, 0.5) is 0 Å². The summed E-state index contributed by atoms with van der Waals surface area (Å²) in [5, 5.41) is 25.6. The van der Waals surface area contributed by atoms with Crippen LogP contribution >= 0.6 is 0 Å². The van der Waals surface area contributed by atoms with Gasteiger partial charge < -0.3 is 15.1 Å². The van der Waals surface area contributed by atoms with Gasteiger partial charge in [0.1, 0.15) is 11.8 Å². The van der Waals surface area contributed by atoms with Crippen LogP contribution in [0.5, 0.6) is 5.75 Å². The van der Waals surface area contributed by atoms with E-state index in [1.54, 1.807) is 13.8 Å². The molecule has 0 aliphatic carbocycles. The van der Waals surface area contributed by atoms with Gasteiger partial charge in [-0.1, -0.05) is 44.7 Å². The first-order valence-electron chi connectivity index (χ1n) is 8.46. The molecular formula is C19H30N2O3. The van der Waals surface area contributed by atoms with Gasteiger partial charge in [0.25, 0.3) is 0 Å². The topological polar surface area (TPSA) is 67.9 Å². The molecule has 0 spiro atoms. The van der Waals surface area contributed by atoms with Crippen molar-refractivity contribution in [3.05, 3.63) is 41.2 Å². The first kappa shape index (κ1) is 20.2. The molecule has 0 bridgehead atoms. The largest absolute Gasteiger partial charge is 0.595 e. The lowest BCUT2D eigenvalue weighted by molar-refractivity contribution is -0.462. The molecule has 134 valence electrons. The van der Waals surface area contributed by atoms with E-state index < -0.39 is 12.1 Å². The van der Waals surface area contributed by atoms with Gasteiger partial charge in [0.2, 0.25) is 6.20 Å². The SMILES string of the molecule is CCCOc1ccc(C(=C[N+]([O-])=NC(C)C(C)O)C(C)(C)C)cc1. The molecule has 24 heavy (non-hydrogen) atoms. The quantitative estimate of drug-likeness (QED) is 0.450. The summed E-state index contributed by atoms with van der Waals surface area (Å²) < 4.78 is 5.60. The van der Waals surface area contributed by atoms with Gasteiger partial charge in [0.05, 0.1) is 12.7 Å². The number of hydrogen-bond donors (Lipinski definition) is 1. The summed E-state index contributed by atoms with van der Waals surface area (Å²) in [6, 6.07) is 7.27. The van der Waals surface area contributed by atoms with Crippen LogP contribution in [0.15, 0.2) is 35.6 Å². The molecule has 0 aliphatic rings. The van der Waals surface area contributed by atoms with Crippen LogP contribution in [0.3, 0.4) is 0 Å². The average molecular weight is 334 g/mol. The van der Waals surface area contributed by atoms with Crippen molar-refractivity contribution in [1.82, 2.24) is 0 Å². The van der Waals surface area contributed by atoms with Crippen LogP contribution in [0.1, 0.15) is 53.5 Å². The third-order valence-corrected chi connectivity index (χ3v) is 3.68. The van der Waals surface area contributed by atoms with E-state index in [2.05, 4.69) is 12.0 Å². The van der Waals surface area contributed by atoms with Gasteiger partial charge in [0, 0.05) is 5.57 Å². The van der Waals surface area contributed by atoms with Crippen molar-refractivity contribution in [1.29, 1.82) is 0 Å². The Kier molecular flexibility index (Phi) is 7.42. The number of azo groups is 1. The molecule has 0 aliphatic heterocycles. The second kappa shape index (κ2) is 8.83. The highest BCUT2D eigenvalue weighted by atomic mass is 16.5. The second-order valence-electron chi connectivity index (χ2n) is 7.06. The Morgan fingerprint density at radius 3 is 2.33 bits per heavy atom. The minimum absolute atomic E-state index is 0.224. The van der Waals surface area contributed by atoms with E-state index >= 15 is 0 Å². The summed E-state index contributed by atoms with van der Waals surface area (Å²) in [4.78, 5) is 0.555. The molecule has 1 aromatic carbocycles. The van der Waals surface area contributed by atoms with Crippen molar-refractivity contribution in [2.24, 2.45) is 10.5 Å². The highest BCUT2D eigenvalue weighted by Gasteiger charge is 2.22. The number of aliphatic hydroxyl groups excluding tert-OH is 1. The van der Waals surface area contributed by atoms with Crippen molar-refractivity contribution in [3.8, 4) is 5.75 Å². The lowest BCUT2D eigenvalue weighted by Crippen LogP contribution is -2.18. The third kappa shape index (κ3) is 6.32. The number of nitrogens with zero attached hydrogens (tertiary/aromatic N) is 2. The molecule has 1 rings (SSSR count). The molecule has 0 heterocycles. The molecule has 0 fully saturated rings. The Hall–Kier alpha value is -1.88. The molecular weight excluding hydrogens is 304 g/mol. The Labute approximate surface area is 145 Å². The second-order valence-corrected chi connectivity index (χ2v) is 7.06. The molecule has 1 aromatic rings. The summed E-state index contributed by atoms with van der Waals surface area (Å²) in [6.45, 7) is 12.2. The van der Waals surface area contributed by atoms with E-state index in [0.29, 0.717) is 11.5 Å². The van der Waals surface area contributed by atoms with Crippen molar-refractivity contribution in [2.45, 2.75) is 60.1 Å². The van der Waals surface area contributed by atoms with Crippen molar-refractivity contribution >= 4 is 5.57 Å². The average Bonchev–Trinajstić information content (AvgIpc) is 2.50. The van der Waals surface area contributed by atoms with Crippen LogP contribution in [0.2, 0.25) is 0 Å².